The maximum Gasteiger partial charge on any atom is 0.262 e. The number of aromatic nitrogens is 2. The van der Waals surface area contributed by atoms with Crippen molar-refractivity contribution in [2.75, 3.05) is 57.1 Å². The molecule has 4 aromatic rings. The third-order valence-corrected chi connectivity index (χ3v) is 9.12. The van der Waals surface area contributed by atoms with Gasteiger partial charge in [-0.3, -0.25) is 9.59 Å². The Hall–Kier alpha value is -5.49. The van der Waals surface area contributed by atoms with E-state index in [0.717, 1.165) is 37.2 Å². The lowest BCUT2D eigenvalue weighted by Gasteiger charge is -2.26. The Morgan fingerprint density at radius 3 is 2.40 bits per heavy atom. The Balaban J connectivity index is 1.38. The zero-order chi connectivity index (χ0) is 37.7. The van der Waals surface area contributed by atoms with E-state index < -0.39 is 11.7 Å². The smallest absolute Gasteiger partial charge is 0.262 e. The van der Waals surface area contributed by atoms with Crippen LogP contribution >= 0.6 is 0 Å². The van der Waals surface area contributed by atoms with E-state index in [2.05, 4.69) is 25.5 Å². The fourth-order valence-corrected chi connectivity index (χ4v) is 6.12. The first-order valence-electron chi connectivity index (χ1n) is 18.2. The number of aryl methyl sites for hydroxylation is 2. The molecule has 11 nitrogen and oxygen atoms in total. The highest BCUT2D eigenvalue weighted by atomic mass is 19.1. The fourth-order valence-electron chi connectivity index (χ4n) is 6.12. The summed E-state index contributed by atoms with van der Waals surface area (Å²) in [5.74, 6) is -0.341. The summed E-state index contributed by atoms with van der Waals surface area (Å²) in [6.45, 7) is 12.4. The number of amides is 2. The number of carbonyl (C=O) groups excluding carboxylic acids is 2. The number of likely N-dealkylation sites (tertiary alicyclic amines) is 1. The molecule has 2 heterocycles. The molecule has 12 heteroatoms. The molecule has 3 aromatic carbocycles. The van der Waals surface area contributed by atoms with Crippen molar-refractivity contribution in [3.8, 4) is 23.1 Å². The quantitative estimate of drug-likeness (QED) is 0.0872. The lowest BCUT2D eigenvalue weighted by Crippen LogP contribution is -2.31. The van der Waals surface area contributed by atoms with E-state index in [1.165, 1.54) is 44.7 Å². The number of ether oxygens (including phenoxy) is 3. The second-order valence-corrected chi connectivity index (χ2v) is 12.9. The van der Waals surface area contributed by atoms with Gasteiger partial charge in [0.05, 0.1) is 13.7 Å². The van der Waals surface area contributed by atoms with Crippen LogP contribution in [-0.4, -0.2) is 78.0 Å². The third-order valence-electron chi connectivity index (χ3n) is 9.12. The predicted molar refractivity (Wildman–Crippen MR) is 206 cm³/mol. The average molecular weight is 725 g/mol. The molecule has 0 atom stereocenters. The summed E-state index contributed by atoms with van der Waals surface area (Å²) in [6.07, 6.45) is 9.09. The van der Waals surface area contributed by atoms with Gasteiger partial charge in [-0.2, -0.15) is 4.98 Å². The average Bonchev–Trinajstić information content (AvgIpc) is 3.16. The second-order valence-electron chi connectivity index (χ2n) is 12.9. The Labute approximate surface area is 311 Å². The van der Waals surface area contributed by atoms with Crippen LogP contribution in [0.3, 0.4) is 0 Å². The Morgan fingerprint density at radius 1 is 0.962 bits per heavy atom. The summed E-state index contributed by atoms with van der Waals surface area (Å²) in [6, 6.07) is 15.5. The minimum absolute atomic E-state index is 0.0531. The Morgan fingerprint density at radius 2 is 1.70 bits per heavy atom. The first-order chi connectivity index (χ1) is 25.7. The van der Waals surface area contributed by atoms with E-state index in [1.54, 1.807) is 41.3 Å². The Bertz CT molecular complexity index is 1890. The van der Waals surface area contributed by atoms with Crippen LogP contribution in [0.5, 0.6) is 23.1 Å². The molecule has 0 radical (unpaired) electrons. The zero-order valence-corrected chi connectivity index (χ0v) is 31.2. The van der Waals surface area contributed by atoms with E-state index in [4.69, 9.17) is 14.2 Å². The largest absolute Gasteiger partial charge is 0.493 e. The number of halogens is 1. The molecule has 0 unspecified atom stereocenters. The number of para-hydroxylation sites is 1. The van der Waals surface area contributed by atoms with Gasteiger partial charge in [0, 0.05) is 49.3 Å². The van der Waals surface area contributed by atoms with E-state index >= 15 is 4.39 Å². The number of piperidine rings is 1. The highest BCUT2D eigenvalue weighted by Gasteiger charge is 2.21. The number of hydrogen-bond acceptors (Lipinski definition) is 9. The van der Waals surface area contributed by atoms with Crippen LogP contribution in [0.15, 0.2) is 66.9 Å². The molecule has 2 N–H and O–H groups in total. The van der Waals surface area contributed by atoms with Crippen LogP contribution in [0.2, 0.25) is 0 Å². The van der Waals surface area contributed by atoms with Crippen LogP contribution < -0.4 is 24.8 Å². The normalized spacial score (nSPS) is 13.1. The molecule has 1 aliphatic rings. The second kappa shape index (κ2) is 18.8. The van der Waals surface area contributed by atoms with Crippen LogP contribution in [0.1, 0.15) is 66.6 Å². The van der Waals surface area contributed by atoms with E-state index in [-0.39, 0.29) is 34.8 Å². The number of hydrogen-bond donors (Lipinski definition) is 2. The first kappa shape index (κ1) is 38.7. The van der Waals surface area contributed by atoms with Crippen LogP contribution in [0.4, 0.5) is 21.7 Å². The number of likely N-dealkylation sites (N-methyl/N-ethyl adjacent to an activating group) is 1. The van der Waals surface area contributed by atoms with Crippen LogP contribution in [0.25, 0.3) is 6.08 Å². The van der Waals surface area contributed by atoms with Crippen molar-refractivity contribution in [1.82, 2.24) is 19.8 Å². The van der Waals surface area contributed by atoms with E-state index in [1.807, 2.05) is 45.9 Å². The lowest BCUT2D eigenvalue weighted by atomic mass is 10.1. The number of benzene rings is 3. The van der Waals surface area contributed by atoms with Gasteiger partial charge in [0.15, 0.2) is 23.1 Å². The van der Waals surface area contributed by atoms with Gasteiger partial charge in [-0.05, 0) is 107 Å². The Kier molecular flexibility index (Phi) is 13.8. The third kappa shape index (κ3) is 10.5. The molecular weight excluding hydrogens is 675 g/mol. The standard InChI is InChI=1S/C41H49FN6O5/c1-6-48(7-2)37(49)20-16-30-15-18-35(51-5)36(25-30)53-40-32(39(50)45-38-28(3)13-11-14-29(38)4)27-43-41(46-40)44-31-17-19-34(33(42)26-31)52-24-12-23-47-21-9-8-10-22-47/h11,13-20,25-27H,6-10,12,21-24H2,1-5H3,(H,45,50)(H,43,44,46). The van der Waals surface area contributed by atoms with Crippen molar-refractivity contribution in [1.29, 1.82) is 0 Å². The molecule has 1 aromatic heterocycles. The van der Waals surface area contributed by atoms with Gasteiger partial charge in [0.1, 0.15) is 5.56 Å². The maximum atomic E-state index is 15.1. The summed E-state index contributed by atoms with van der Waals surface area (Å²) < 4.78 is 32.8. The predicted octanol–water partition coefficient (Wildman–Crippen LogP) is 8.17. The minimum Gasteiger partial charge on any atom is -0.493 e. The molecule has 2 amide bonds. The summed E-state index contributed by atoms with van der Waals surface area (Å²) in [5, 5.41) is 5.98. The monoisotopic (exact) mass is 724 g/mol. The SMILES string of the molecule is CCN(CC)C(=O)C=Cc1ccc(OC)c(Oc2nc(Nc3ccc(OCCCN4CCCCC4)c(F)c3)ncc2C(=O)Nc2c(C)cccc2C)c1. The topological polar surface area (TPSA) is 118 Å². The fraction of sp³-hybridized carbons (Fsp3) is 0.366. The lowest BCUT2D eigenvalue weighted by molar-refractivity contribution is -0.125. The molecule has 0 bridgehead atoms. The number of rotatable bonds is 16. The minimum atomic E-state index is -0.525. The number of nitrogens with zero attached hydrogens (tertiary/aromatic N) is 4. The van der Waals surface area contributed by atoms with E-state index in [0.29, 0.717) is 42.4 Å². The van der Waals surface area contributed by atoms with Crippen molar-refractivity contribution < 1.29 is 28.2 Å². The molecule has 53 heavy (non-hydrogen) atoms. The van der Waals surface area contributed by atoms with Crippen molar-refractivity contribution in [3.05, 3.63) is 94.9 Å². The van der Waals surface area contributed by atoms with Crippen molar-refractivity contribution in [3.63, 3.8) is 0 Å². The van der Waals surface area contributed by atoms with Gasteiger partial charge in [-0.15, -0.1) is 0 Å². The summed E-state index contributed by atoms with van der Waals surface area (Å²) >= 11 is 0. The molecule has 5 rings (SSSR count). The van der Waals surface area contributed by atoms with Gasteiger partial charge in [-0.25, -0.2) is 9.37 Å². The number of methoxy groups -OCH3 is 1. The van der Waals surface area contributed by atoms with E-state index in [9.17, 15) is 9.59 Å². The van der Waals surface area contributed by atoms with Gasteiger partial charge in [0.25, 0.3) is 5.91 Å². The molecule has 1 saturated heterocycles. The first-order valence-corrected chi connectivity index (χ1v) is 18.2. The molecule has 1 fully saturated rings. The van der Waals surface area contributed by atoms with Crippen LogP contribution in [-0.2, 0) is 4.79 Å². The highest BCUT2D eigenvalue weighted by molar-refractivity contribution is 6.06. The number of anilines is 3. The number of carbonyl (C=O) groups is 2. The maximum absolute atomic E-state index is 15.1. The molecule has 0 spiro atoms. The number of nitrogens with one attached hydrogen (secondary N) is 2. The summed E-state index contributed by atoms with van der Waals surface area (Å²) in [7, 11) is 1.50. The summed E-state index contributed by atoms with van der Waals surface area (Å²) in [4.78, 5) is 39.4. The zero-order valence-electron chi connectivity index (χ0n) is 31.2. The van der Waals surface area contributed by atoms with Gasteiger partial charge in [0.2, 0.25) is 17.7 Å². The highest BCUT2D eigenvalue weighted by Crippen LogP contribution is 2.35. The molecule has 280 valence electrons. The molecule has 0 aliphatic carbocycles. The van der Waals surface area contributed by atoms with Crippen LogP contribution in [0, 0.1) is 19.7 Å². The molecule has 0 saturated carbocycles. The van der Waals surface area contributed by atoms with Crippen molar-refractivity contribution in [2.24, 2.45) is 0 Å². The van der Waals surface area contributed by atoms with Gasteiger partial charge in [-0.1, -0.05) is 30.7 Å². The molecular formula is C41H49FN6O5. The van der Waals surface area contributed by atoms with Crippen molar-refractivity contribution in [2.45, 2.75) is 53.4 Å². The van der Waals surface area contributed by atoms with Gasteiger partial charge < -0.3 is 34.6 Å². The van der Waals surface area contributed by atoms with Crippen molar-refractivity contribution >= 4 is 35.2 Å². The summed E-state index contributed by atoms with van der Waals surface area (Å²) in [5.41, 5.74) is 3.53. The van der Waals surface area contributed by atoms with Gasteiger partial charge >= 0.3 is 0 Å². The molecule has 1 aliphatic heterocycles.